The zero-order chi connectivity index (χ0) is 26.6. The highest BCUT2D eigenvalue weighted by Crippen LogP contribution is 2.39. The number of fused-ring (bicyclic) bond motifs is 4. The lowest BCUT2D eigenvalue weighted by atomic mass is 10.0. The zero-order valence-corrected chi connectivity index (χ0v) is 22.0. The number of hydrogen-bond donors (Lipinski definition) is 1. The number of hydrogen-bond acceptors (Lipinski definition) is 6. The van der Waals surface area contributed by atoms with Gasteiger partial charge in [-0.1, -0.05) is 6.07 Å². The van der Waals surface area contributed by atoms with Crippen LogP contribution in [0.4, 0.5) is 10.1 Å². The smallest absolute Gasteiger partial charge is 0.202 e. The number of aromatic nitrogens is 2. The van der Waals surface area contributed by atoms with Gasteiger partial charge in [0.05, 0.1) is 40.7 Å². The summed E-state index contributed by atoms with van der Waals surface area (Å²) in [5.74, 6) is -0.522. The maximum atomic E-state index is 16.3. The quantitative estimate of drug-likeness (QED) is 0.428. The Balaban J connectivity index is 1.52. The minimum absolute atomic E-state index is 0.0258. The number of benzene rings is 2. The van der Waals surface area contributed by atoms with E-state index < -0.39 is 5.82 Å². The highest BCUT2D eigenvalue weighted by Gasteiger charge is 2.30. The van der Waals surface area contributed by atoms with Crippen LogP contribution in [-0.2, 0) is 4.74 Å². The fraction of sp³-hybridized carbons (Fsp3) is 0.448. The average molecular weight is 518 g/mol. The lowest BCUT2D eigenvalue weighted by Crippen LogP contribution is -2.51. The van der Waals surface area contributed by atoms with Crippen LogP contribution in [0.3, 0.4) is 0 Å². The van der Waals surface area contributed by atoms with Crippen LogP contribution in [0.25, 0.3) is 32.8 Å². The molecule has 2 fully saturated rings. The summed E-state index contributed by atoms with van der Waals surface area (Å²) in [6.45, 7) is 8.91. The number of anilines is 1. The molecule has 4 aromatic rings. The van der Waals surface area contributed by atoms with Gasteiger partial charge in [0.1, 0.15) is 5.65 Å². The first-order chi connectivity index (χ1) is 18.4. The second-order valence-corrected chi connectivity index (χ2v) is 10.5. The SMILES string of the molecule is COc1c(N2CCN(C3CCOCC3)CC2)cc2c(c1F)c(=O)c1c3ccc(C#N)cc3[nH]c1n2C(C)C. The first kappa shape index (κ1) is 24.7. The van der Waals surface area contributed by atoms with Gasteiger partial charge in [0.25, 0.3) is 0 Å². The Bertz CT molecular complexity index is 1640. The van der Waals surface area contributed by atoms with Crippen molar-refractivity contribution in [3.05, 3.63) is 45.9 Å². The van der Waals surface area contributed by atoms with Gasteiger partial charge in [-0.25, -0.2) is 4.39 Å². The number of aromatic amines is 1. The van der Waals surface area contributed by atoms with Gasteiger partial charge in [0.2, 0.25) is 5.43 Å². The fourth-order valence-corrected chi connectivity index (χ4v) is 6.26. The van der Waals surface area contributed by atoms with Gasteiger partial charge >= 0.3 is 0 Å². The van der Waals surface area contributed by atoms with Crippen LogP contribution >= 0.6 is 0 Å². The number of nitriles is 1. The predicted octanol–water partition coefficient (Wildman–Crippen LogP) is 4.54. The van der Waals surface area contributed by atoms with E-state index in [4.69, 9.17) is 9.47 Å². The van der Waals surface area contributed by atoms with Crippen molar-refractivity contribution >= 4 is 38.5 Å². The summed E-state index contributed by atoms with van der Waals surface area (Å²) in [5.41, 5.74) is 2.62. The predicted molar refractivity (Wildman–Crippen MR) is 147 cm³/mol. The minimum atomic E-state index is -0.629. The van der Waals surface area contributed by atoms with Crippen molar-refractivity contribution in [2.75, 3.05) is 51.4 Å². The molecule has 0 radical (unpaired) electrons. The minimum Gasteiger partial charge on any atom is -0.492 e. The molecule has 8 nitrogen and oxygen atoms in total. The fourth-order valence-electron chi connectivity index (χ4n) is 6.26. The maximum absolute atomic E-state index is 16.3. The molecule has 2 aromatic carbocycles. The van der Waals surface area contributed by atoms with Crippen LogP contribution in [-0.4, -0.2) is 67.0 Å². The van der Waals surface area contributed by atoms with E-state index in [2.05, 4.69) is 20.9 Å². The number of nitrogens with one attached hydrogen (secondary N) is 1. The van der Waals surface area contributed by atoms with Crippen LogP contribution in [0.2, 0.25) is 0 Å². The second-order valence-electron chi connectivity index (χ2n) is 10.5. The third kappa shape index (κ3) is 3.82. The Labute approximate surface area is 220 Å². The van der Waals surface area contributed by atoms with Crippen molar-refractivity contribution in [3.63, 3.8) is 0 Å². The van der Waals surface area contributed by atoms with Crippen molar-refractivity contribution in [2.24, 2.45) is 0 Å². The maximum Gasteiger partial charge on any atom is 0.202 e. The van der Waals surface area contributed by atoms with Gasteiger partial charge in [0, 0.05) is 62.4 Å². The lowest BCUT2D eigenvalue weighted by Gasteiger charge is -2.41. The number of H-pyrrole nitrogens is 1. The van der Waals surface area contributed by atoms with E-state index >= 15 is 4.39 Å². The molecule has 198 valence electrons. The molecule has 6 rings (SSSR count). The Kier molecular flexibility index (Phi) is 6.25. The molecular formula is C29H32FN5O3. The standard InChI is InChI=1S/C29H32FN5O3/c1-17(2)35-22-15-23(34-10-8-33(9-11-34)19-6-12-38-13-7-19)28(37-3)26(30)25(22)27(36)24-20-5-4-18(16-31)14-21(20)32-29(24)35/h4-5,14-15,17,19,32H,6-13H2,1-3H3. The van der Waals surface area contributed by atoms with Crippen molar-refractivity contribution in [3.8, 4) is 11.8 Å². The molecule has 0 bridgehead atoms. The number of methoxy groups -OCH3 is 1. The summed E-state index contributed by atoms with van der Waals surface area (Å²) in [7, 11) is 1.46. The summed E-state index contributed by atoms with van der Waals surface area (Å²) in [5, 5.41) is 10.5. The summed E-state index contributed by atoms with van der Waals surface area (Å²) >= 11 is 0. The van der Waals surface area contributed by atoms with E-state index in [0.29, 0.717) is 44.7 Å². The monoisotopic (exact) mass is 517 g/mol. The molecule has 0 amide bonds. The molecule has 1 N–H and O–H groups in total. The van der Waals surface area contributed by atoms with Crippen LogP contribution in [0.5, 0.6) is 5.75 Å². The number of halogens is 1. The molecule has 38 heavy (non-hydrogen) atoms. The van der Waals surface area contributed by atoms with E-state index in [1.54, 1.807) is 18.2 Å². The molecular weight excluding hydrogens is 485 g/mol. The van der Waals surface area contributed by atoms with Crippen molar-refractivity contribution in [1.82, 2.24) is 14.5 Å². The molecule has 2 aliphatic rings. The van der Waals surface area contributed by atoms with Gasteiger partial charge in [0.15, 0.2) is 11.6 Å². The molecule has 2 aromatic heterocycles. The Morgan fingerprint density at radius 2 is 1.87 bits per heavy atom. The molecule has 9 heteroatoms. The van der Waals surface area contributed by atoms with E-state index in [-0.39, 0.29) is 22.6 Å². The number of pyridine rings is 1. The van der Waals surface area contributed by atoms with Crippen molar-refractivity contribution < 1.29 is 13.9 Å². The topological polar surface area (TPSA) is 86.5 Å². The third-order valence-corrected chi connectivity index (χ3v) is 8.13. The average Bonchev–Trinajstić information content (AvgIpc) is 3.31. The first-order valence-corrected chi connectivity index (χ1v) is 13.3. The normalized spacial score (nSPS) is 17.6. The Morgan fingerprint density at radius 3 is 2.53 bits per heavy atom. The number of rotatable bonds is 4. The van der Waals surface area contributed by atoms with Gasteiger partial charge in [-0.05, 0) is 44.9 Å². The lowest BCUT2D eigenvalue weighted by molar-refractivity contribution is 0.0321. The van der Waals surface area contributed by atoms with Crippen LogP contribution in [0.15, 0.2) is 29.1 Å². The highest BCUT2D eigenvalue weighted by molar-refractivity contribution is 6.10. The Hall–Kier alpha value is -3.61. The van der Waals surface area contributed by atoms with Gasteiger partial charge in [-0.2, -0.15) is 5.26 Å². The van der Waals surface area contributed by atoms with Crippen molar-refractivity contribution in [2.45, 2.75) is 38.8 Å². The molecule has 2 aliphatic heterocycles. The zero-order valence-electron chi connectivity index (χ0n) is 22.0. The molecule has 0 spiro atoms. The first-order valence-electron chi connectivity index (χ1n) is 13.3. The van der Waals surface area contributed by atoms with Gasteiger partial charge in [-0.3, -0.25) is 9.69 Å². The number of nitrogens with zero attached hydrogens (tertiary/aromatic N) is 4. The van der Waals surface area contributed by atoms with Crippen LogP contribution in [0, 0.1) is 17.1 Å². The van der Waals surface area contributed by atoms with Gasteiger partial charge in [-0.15, -0.1) is 0 Å². The summed E-state index contributed by atoms with van der Waals surface area (Å²) in [4.78, 5) is 21.9. The van der Waals surface area contributed by atoms with Crippen LogP contribution < -0.4 is 15.1 Å². The largest absolute Gasteiger partial charge is 0.492 e. The molecule has 0 unspecified atom stereocenters. The van der Waals surface area contributed by atoms with E-state index in [9.17, 15) is 10.1 Å². The molecule has 4 heterocycles. The second kappa shape index (κ2) is 9.61. The van der Waals surface area contributed by atoms with Gasteiger partial charge < -0.3 is 23.9 Å². The van der Waals surface area contributed by atoms with E-state index in [0.717, 1.165) is 52.2 Å². The van der Waals surface area contributed by atoms with E-state index in [1.807, 2.05) is 24.5 Å². The molecule has 2 saturated heterocycles. The molecule has 0 aliphatic carbocycles. The summed E-state index contributed by atoms with van der Waals surface area (Å²) < 4.78 is 29.4. The number of ether oxygens (including phenoxy) is 2. The highest BCUT2D eigenvalue weighted by atomic mass is 19.1. The Morgan fingerprint density at radius 1 is 1.13 bits per heavy atom. The summed E-state index contributed by atoms with van der Waals surface area (Å²) in [6.07, 6.45) is 2.09. The third-order valence-electron chi connectivity index (χ3n) is 8.13. The van der Waals surface area contributed by atoms with E-state index in [1.165, 1.54) is 7.11 Å². The number of piperazine rings is 1. The molecule has 0 atom stereocenters. The summed E-state index contributed by atoms with van der Waals surface area (Å²) in [6, 6.07) is 9.69. The van der Waals surface area contributed by atoms with Crippen LogP contribution in [0.1, 0.15) is 38.3 Å². The molecule has 0 saturated carbocycles. The van der Waals surface area contributed by atoms with Crippen molar-refractivity contribution in [1.29, 1.82) is 5.26 Å².